The first-order valence-electron chi connectivity index (χ1n) is 7.89. The van der Waals surface area contributed by atoms with Gasteiger partial charge in [0.25, 0.3) is 10.0 Å². The summed E-state index contributed by atoms with van der Waals surface area (Å²) in [7, 11) is -7.81. The minimum atomic E-state index is -3.94. The van der Waals surface area contributed by atoms with Gasteiger partial charge in [0.15, 0.2) is 0 Å². The van der Waals surface area contributed by atoms with Gasteiger partial charge in [-0.15, -0.1) is 0 Å². The van der Waals surface area contributed by atoms with Gasteiger partial charge in [0.1, 0.15) is 0 Å². The highest BCUT2D eigenvalue weighted by Crippen LogP contribution is 2.25. The van der Waals surface area contributed by atoms with E-state index in [0.717, 1.165) is 11.6 Å². The Morgan fingerprint density at radius 2 is 1.37 bits per heavy atom. The van der Waals surface area contributed by atoms with Crippen LogP contribution >= 0.6 is 11.6 Å². The predicted octanol–water partition coefficient (Wildman–Crippen LogP) is 4.28. The molecule has 0 aliphatic heterocycles. The highest BCUT2D eigenvalue weighted by Gasteiger charge is 2.21. The molecule has 0 amide bonds. The standard InChI is InChI=1S/C19H16ClNO4S2/c1-14-4-2-5-16(12-14)21-27(24,25)19-7-3-6-18(13-19)26(22,23)17-10-8-15(20)9-11-17/h2-13,21H,1H3. The van der Waals surface area contributed by atoms with Crippen LogP contribution in [0, 0.1) is 6.92 Å². The summed E-state index contributed by atoms with van der Waals surface area (Å²) in [6.45, 7) is 1.84. The van der Waals surface area contributed by atoms with E-state index in [9.17, 15) is 16.8 Å². The van der Waals surface area contributed by atoms with Crippen LogP contribution in [0.4, 0.5) is 5.69 Å². The Hall–Kier alpha value is -2.35. The topological polar surface area (TPSA) is 80.3 Å². The lowest BCUT2D eigenvalue weighted by atomic mass is 10.2. The third-order valence-corrected chi connectivity index (χ3v) is 7.22. The summed E-state index contributed by atoms with van der Waals surface area (Å²) in [5, 5.41) is 0.410. The number of hydrogen-bond donors (Lipinski definition) is 1. The summed E-state index contributed by atoms with van der Waals surface area (Å²) in [4.78, 5) is -0.218. The molecule has 0 saturated heterocycles. The number of benzene rings is 3. The van der Waals surface area contributed by atoms with Crippen molar-refractivity contribution in [2.24, 2.45) is 0 Å². The number of nitrogens with one attached hydrogen (secondary N) is 1. The smallest absolute Gasteiger partial charge is 0.261 e. The monoisotopic (exact) mass is 421 g/mol. The van der Waals surface area contributed by atoms with Crippen LogP contribution in [0.5, 0.6) is 0 Å². The van der Waals surface area contributed by atoms with Gasteiger partial charge in [0.05, 0.1) is 14.7 Å². The van der Waals surface area contributed by atoms with E-state index in [-0.39, 0.29) is 14.7 Å². The molecule has 0 unspecified atom stereocenters. The second-order valence-corrected chi connectivity index (χ2v) is 9.98. The van der Waals surface area contributed by atoms with Gasteiger partial charge >= 0.3 is 0 Å². The fourth-order valence-electron chi connectivity index (χ4n) is 2.48. The van der Waals surface area contributed by atoms with Crippen molar-refractivity contribution in [1.29, 1.82) is 0 Å². The number of hydrogen-bond acceptors (Lipinski definition) is 4. The number of sulfonamides is 1. The third-order valence-electron chi connectivity index (χ3n) is 3.82. The quantitative estimate of drug-likeness (QED) is 0.666. The van der Waals surface area contributed by atoms with E-state index in [1.807, 2.05) is 13.0 Å². The second-order valence-electron chi connectivity index (χ2n) is 5.91. The van der Waals surface area contributed by atoms with Crippen LogP contribution in [0.3, 0.4) is 0 Å². The summed E-state index contributed by atoms with van der Waals surface area (Å²) >= 11 is 5.80. The third kappa shape index (κ3) is 4.32. The van der Waals surface area contributed by atoms with Crippen LogP contribution in [-0.2, 0) is 19.9 Å². The van der Waals surface area contributed by atoms with Gasteiger partial charge < -0.3 is 0 Å². The lowest BCUT2D eigenvalue weighted by Gasteiger charge is -2.10. The van der Waals surface area contributed by atoms with E-state index >= 15 is 0 Å². The van der Waals surface area contributed by atoms with Crippen molar-refractivity contribution in [3.63, 3.8) is 0 Å². The average Bonchev–Trinajstić information content (AvgIpc) is 2.62. The molecule has 1 N–H and O–H groups in total. The fraction of sp³-hybridized carbons (Fsp3) is 0.0526. The maximum Gasteiger partial charge on any atom is 0.261 e. The highest BCUT2D eigenvalue weighted by atomic mass is 35.5. The number of anilines is 1. The number of aryl methyl sites for hydroxylation is 1. The van der Waals surface area contributed by atoms with Gasteiger partial charge in [0, 0.05) is 10.7 Å². The normalized spacial score (nSPS) is 11.9. The van der Waals surface area contributed by atoms with Gasteiger partial charge in [-0.05, 0) is 67.1 Å². The Labute approximate surface area is 163 Å². The lowest BCUT2D eigenvalue weighted by Crippen LogP contribution is -2.14. The van der Waals surface area contributed by atoms with Crippen LogP contribution in [0.15, 0.2) is 87.5 Å². The maximum absolute atomic E-state index is 12.8. The molecule has 27 heavy (non-hydrogen) atoms. The SMILES string of the molecule is Cc1cccc(NS(=O)(=O)c2cccc(S(=O)(=O)c3ccc(Cl)cc3)c2)c1. The molecular formula is C19H16ClNO4S2. The van der Waals surface area contributed by atoms with E-state index in [1.54, 1.807) is 18.2 Å². The van der Waals surface area contributed by atoms with Crippen molar-refractivity contribution >= 4 is 37.1 Å². The molecule has 5 nitrogen and oxygen atoms in total. The first-order valence-corrected chi connectivity index (χ1v) is 11.2. The molecule has 0 bridgehead atoms. The van der Waals surface area contributed by atoms with Crippen LogP contribution in [0.2, 0.25) is 5.02 Å². The minimum absolute atomic E-state index is 0.0353. The van der Waals surface area contributed by atoms with Crippen LogP contribution < -0.4 is 4.72 Å². The van der Waals surface area contributed by atoms with Gasteiger partial charge in [-0.25, -0.2) is 16.8 Å². The van der Waals surface area contributed by atoms with Crippen LogP contribution in [-0.4, -0.2) is 16.8 Å². The van der Waals surface area contributed by atoms with Gasteiger partial charge in [-0.3, -0.25) is 4.72 Å². The Morgan fingerprint density at radius 1 is 0.741 bits per heavy atom. The number of rotatable bonds is 5. The van der Waals surface area contributed by atoms with Crippen LogP contribution in [0.1, 0.15) is 5.56 Å². The molecular weight excluding hydrogens is 406 g/mol. The van der Waals surface area contributed by atoms with Gasteiger partial charge in [-0.1, -0.05) is 29.8 Å². The Morgan fingerprint density at radius 3 is 2.04 bits per heavy atom. The molecule has 0 atom stereocenters. The largest absolute Gasteiger partial charge is 0.280 e. The fourth-order valence-corrected chi connectivity index (χ4v) is 5.08. The van der Waals surface area contributed by atoms with Crippen molar-refractivity contribution in [2.75, 3.05) is 4.72 Å². The summed E-state index contributed by atoms with van der Waals surface area (Å²) in [5.74, 6) is 0. The lowest BCUT2D eigenvalue weighted by molar-refractivity contribution is 0.595. The molecule has 3 aromatic carbocycles. The summed E-state index contributed by atoms with van der Waals surface area (Å²) < 4.78 is 53.3. The van der Waals surface area contributed by atoms with Crippen molar-refractivity contribution in [3.05, 3.63) is 83.4 Å². The maximum atomic E-state index is 12.8. The predicted molar refractivity (Wildman–Crippen MR) is 105 cm³/mol. The molecule has 3 rings (SSSR count). The van der Waals surface area contributed by atoms with Gasteiger partial charge in [-0.2, -0.15) is 0 Å². The van der Waals surface area contributed by atoms with Crippen molar-refractivity contribution in [1.82, 2.24) is 0 Å². The Kier molecular flexibility index (Phi) is 5.28. The van der Waals surface area contributed by atoms with E-state index in [4.69, 9.17) is 11.6 Å². The molecule has 140 valence electrons. The Balaban J connectivity index is 1.98. The molecule has 0 saturated carbocycles. The molecule has 0 radical (unpaired) electrons. The molecule has 3 aromatic rings. The molecule has 0 fully saturated rings. The summed E-state index contributed by atoms with van der Waals surface area (Å²) in [6.07, 6.45) is 0. The molecule has 0 spiro atoms. The van der Waals surface area contributed by atoms with E-state index in [2.05, 4.69) is 4.72 Å². The summed E-state index contributed by atoms with van der Waals surface area (Å²) in [6, 6.07) is 17.8. The van der Waals surface area contributed by atoms with Crippen LogP contribution in [0.25, 0.3) is 0 Å². The van der Waals surface area contributed by atoms with Gasteiger partial charge in [0.2, 0.25) is 9.84 Å². The van der Waals surface area contributed by atoms with Crippen molar-refractivity contribution in [3.8, 4) is 0 Å². The van der Waals surface area contributed by atoms with Crippen molar-refractivity contribution < 1.29 is 16.8 Å². The minimum Gasteiger partial charge on any atom is -0.280 e. The van der Waals surface area contributed by atoms with E-state index in [1.165, 1.54) is 42.5 Å². The zero-order chi connectivity index (χ0) is 19.7. The second kappa shape index (κ2) is 7.34. The van der Waals surface area contributed by atoms with Crippen molar-refractivity contribution in [2.45, 2.75) is 21.6 Å². The average molecular weight is 422 g/mol. The van der Waals surface area contributed by atoms with E-state index < -0.39 is 19.9 Å². The molecule has 0 heterocycles. The number of halogens is 1. The molecule has 0 aromatic heterocycles. The molecule has 0 aliphatic carbocycles. The molecule has 8 heteroatoms. The summed E-state index contributed by atoms with van der Waals surface area (Å²) in [5.41, 5.74) is 1.30. The molecule has 0 aliphatic rings. The first kappa shape index (κ1) is 19.4. The van der Waals surface area contributed by atoms with E-state index in [0.29, 0.717) is 10.7 Å². The number of sulfone groups is 1. The highest BCUT2D eigenvalue weighted by molar-refractivity contribution is 7.93. The Bertz CT molecular complexity index is 1190. The first-order chi connectivity index (χ1) is 12.7. The zero-order valence-corrected chi connectivity index (χ0v) is 16.6. The zero-order valence-electron chi connectivity index (χ0n) is 14.3.